The summed E-state index contributed by atoms with van der Waals surface area (Å²) in [5.74, 6) is 0.450. The fraction of sp³-hybridized carbons (Fsp3) is 0.391. The van der Waals surface area contributed by atoms with Crippen molar-refractivity contribution in [2.45, 2.75) is 45.8 Å². The molecule has 0 radical (unpaired) electrons. The van der Waals surface area contributed by atoms with Crippen LogP contribution in [0.4, 0.5) is 0 Å². The summed E-state index contributed by atoms with van der Waals surface area (Å²) in [6, 6.07) is 5.31. The van der Waals surface area contributed by atoms with Crippen LogP contribution in [-0.2, 0) is 11.2 Å². The predicted molar refractivity (Wildman–Crippen MR) is 119 cm³/mol. The van der Waals surface area contributed by atoms with Crippen molar-refractivity contribution in [3.8, 4) is 16.3 Å². The second-order valence-electron chi connectivity index (χ2n) is 7.61. The number of ether oxygens (including phenoxy) is 2. The highest BCUT2D eigenvalue weighted by Crippen LogP contribution is 2.31. The van der Waals surface area contributed by atoms with Crippen molar-refractivity contribution >= 4 is 17.2 Å². The molecule has 1 fully saturated rings. The molecule has 1 amide bonds. The molecule has 1 aliphatic rings. The van der Waals surface area contributed by atoms with E-state index in [4.69, 9.17) is 9.47 Å². The fourth-order valence-corrected chi connectivity index (χ4v) is 4.14. The molecule has 1 saturated heterocycles. The van der Waals surface area contributed by atoms with Crippen LogP contribution in [0.25, 0.3) is 10.6 Å². The quantitative estimate of drug-likeness (QED) is 0.597. The first kappa shape index (κ1) is 21.4. The lowest BCUT2D eigenvalue weighted by atomic mass is 10.1. The highest BCUT2D eigenvalue weighted by Gasteiger charge is 2.20. The van der Waals surface area contributed by atoms with E-state index in [1.54, 1.807) is 29.8 Å². The summed E-state index contributed by atoms with van der Waals surface area (Å²) in [5.41, 5.74) is 2.94. The van der Waals surface area contributed by atoms with Crippen LogP contribution in [0, 0.1) is 6.92 Å². The molecule has 0 spiro atoms. The molecule has 0 aliphatic carbocycles. The number of amides is 1. The second kappa shape index (κ2) is 9.53. The summed E-state index contributed by atoms with van der Waals surface area (Å²) in [5, 5.41) is 3.88. The van der Waals surface area contributed by atoms with Crippen LogP contribution < -0.4 is 10.1 Å². The van der Waals surface area contributed by atoms with Gasteiger partial charge in [-0.2, -0.15) is 0 Å². The van der Waals surface area contributed by atoms with Crippen molar-refractivity contribution in [1.29, 1.82) is 0 Å². The number of thiazole rings is 1. The molecule has 1 aromatic carbocycles. The van der Waals surface area contributed by atoms with Crippen LogP contribution in [0.2, 0.25) is 0 Å². The zero-order chi connectivity index (χ0) is 21.8. The zero-order valence-corrected chi connectivity index (χ0v) is 18.7. The van der Waals surface area contributed by atoms with Gasteiger partial charge in [0.1, 0.15) is 16.9 Å². The van der Waals surface area contributed by atoms with E-state index in [1.807, 2.05) is 32.2 Å². The highest BCUT2D eigenvalue weighted by atomic mass is 32.1. The number of aromatic nitrogens is 3. The van der Waals surface area contributed by atoms with Crippen molar-refractivity contribution in [2.75, 3.05) is 13.2 Å². The Hall–Kier alpha value is -2.84. The first-order chi connectivity index (χ1) is 15.0. The number of benzene rings is 1. The van der Waals surface area contributed by atoms with Gasteiger partial charge in [0.2, 0.25) is 0 Å². The molecule has 31 heavy (non-hydrogen) atoms. The lowest BCUT2D eigenvalue weighted by Gasteiger charge is -2.16. The standard InChI is InChI=1S/C23H26N4O3S/c1-4-20-11-26-23(31-20)17-7-16(8-19(9-17)30-18-5-6-29-13-18)22(28)27-15(3)21-12-24-14(2)10-25-21/h7-12,15,18H,4-6,13H2,1-3H3,(H,27,28)/t15?,18-/m1/s1. The van der Waals surface area contributed by atoms with Gasteiger partial charge in [0.05, 0.1) is 36.8 Å². The van der Waals surface area contributed by atoms with E-state index < -0.39 is 0 Å². The van der Waals surface area contributed by atoms with Crippen LogP contribution in [-0.4, -0.2) is 40.2 Å². The van der Waals surface area contributed by atoms with E-state index in [-0.39, 0.29) is 18.1 Å². The average Bonchev–Trinajstić information content (AvgIpc) is 3.46. The third-order valence-corrected chi connectivity index (χ3v) is 6.29. The normalized spacial score (nSPS) is 16.8. The van der Waals surface area contributed by atoms with Gasteiger partial charge >= 0.3 is 0 Å². The first-order valence-corrected chi connectivity index (χ1v) is 11.3. The lowest BCUT2D eigenvalue weighted by molar-refractivity contribution is 0.0938. The summed E-state index contributed by atoms with van der Waals surface area (Å²) in [7, 11) is 0. The number of nitrogens with zero attached hydrogens (tertiary/aromatic N) is 3. The molecular formula is C23H26N4O3S. The van der Waals surface area contributed by atoms with Crippen molar-refractivity contribution in [2.24, 2.45) is 0 Å². The van der Waals surface area contributed by atoms with Gasteiger partial charge in [-0.3, -0.25) is 14.8 Å². The molecule has 0 bridgehead atoms. The summed E-state index contributed by atoms with van der Waals surface area (Å²) < 4.78 is 11.5. The van der Waals surface area contributed by atoms with Crippen LogP contribution in [0.3, 0.4) is 0 Å². The minimum absolute atomic E-state index is 0.00425. The van der Waals surface area contributed by atoms with Crippen LogP contribution in [0.1, 0.15) is 52.9 Å². The van der Waals surface area contributed by atoms with Gasteiger partial charge < -0.3 is 14.8 Å². The molecule has 7 nitrogen and oxygen atoms in total. The van der Waals surface area contributed by atoms with Gasteiger partial charge in [-0.25, -0.2) is 4.98 Å². The Bertz CT molecular complexity index is 1050. The van der Waals surface area contributed by atoms with E-state index >= 15 is 0 Å². The minimum Gasteiger partial charge on any atom is -0.488 e. The summed E-state index contributed by atoms with van der Waals surface area (Å²) >= 11 is 1.63. The Morgan fingerprint density at radius 2 is 2.13 bits per heavy atom. The predicted octanol–water partition coefficient (Wildman–Crippen LogP) is 4.13. The van der Waals surface area contributed by atoms with Gasteiger partial charge in [-0.05, 0) is 38.5 Å². The number of aryl methyl sites for hydroxylation is 2. The third kappa shape index (κ3) is 5.26. The molecule has 8 heteroatoms. The van der Waals surface area contributed by atoms with Gasteiger partial charge in [-0.15, -0.1) is 11.3 Å². The van der Waals surface area contributed by atoms with Gasteiger partial charge in [0, 0.05) is 34.8 Å². The summed E-state index contributed by atoms with van der Waals surface area (Å²) in [6.07, 6.45) is 7.03. The Balaban J connectivity index is 1.60. The Morgan fingerprint density at radius 1 is 1.26 bits per heavy atom. The summed E-state index contributed by atoms with van der Waals surface area (Å²) in [6.45, 7) is 7.13. The highest BCUT2D eigenvalue weighted by molar-refractivity contribution is 7.15. The van der Waals surface area contributed by atoms with Gasteiger partial charge in [0.15, 0.2) is 0 Å². The third-order valence-electron chi connectivity index (χ3n) is 5.10. The molecule has 2 atom stereocenters. The van der Waals surface area contributed by atoms with E-state index in [9.17, 15) is 4.79 Å². The monoisotopic (exact) mass is 438 g/mol. The van der Waals surface area contributed by atoms with Crippen molar-refractivity contribution in [3.63, 3.8) is 0 Å². The molecule has 3 heterocycles. The topological polar surface area (TPSA) is 86.2 Å². The number of carbonyl (C=O) groups excluding carboxylic acids is 1. The Kier molecular flexibility index (Phi) is 6.58. The lowest BCUT2D eigenvalue weighted by Crippen LogP contribution is -2.27. The molecular weight excluding hydrogens is 412 g/mol. The maximum atomic E-state index is 13.1. The molecule has 3 aromatic rings. The first-order valence-electron chi connectivity index (χ1n) is 10.5. The second-order valence-corrected chi connectivity index (χ2v) is 8.73. The van der Waals surface area contributed by atoms with E-state index in [1.165, 1.54) is 4.88 Å². The number of hydrogen-bond acceptors (Lipinski definition) is 7. The molecule has 162 valence electrons. The van der Waals surface area contributed by atoms with E-state index in [2.05, 4.69) is 27.2 Å². The van der Waals surface area contributed by atoms with Crippen LogP contribution in [0.5, 0.6) is 5.75 Å². The van der Waals surface area contributed by atoms with Crippen molar-refractivity contribution in [3.05, 3.63) is 58.6 Å². The van der Waals surface area contributed by atoms with Crippen LogP contribution >= 0.6 is 11.3 Å². The van der Waals surface area contributed by atoms with Crippen molar-refractivity contribution < 1.29 is 14.3 Å². The largest absolute Gasteiger partial charge is 0.488 e. The van der Waals surface area contributed by atoms with E-state index in [0.717, 1.165) is 29.1 Å². The Morgan fingerprint density at radius 3 is 2.81 bits per heavy atom. The molecule has 1 unspecified atom stereocenters. The fourth-order valence-electron chi connectivity index (χ4n) is 3.30. The van der Waals surface area contributed by atoms with E-state index in [0.29, 0.717) is 30.2 Å². The molecule has 0 saturated carbocycles. The number of rotatable bonds is 7. The number of nitrogens with one attached hydrogen (secondary N) is 1. The maximum absolute atomic E-state index is 13.1. The molecule has 4 rings (SSSR count). The van der Waals surface area contributed by atoms with Gasteiger partial charge in [0.25, 0.3) is 5.91 Å². The zero-order valence-electron chi connectivity index (χ0n) is 17.9. The average molecular weight is 439 g/mol. The Labute approximate surface area is 185 Å². The molecule has 1 N–H and O–H groups in total. The molecule has 2 aromatic heterocycles. The number of carbonyl (C=O) groups is 1. The maximum Gasteiger partial charge on any atom is 0.251 e. The summed E-state index contributed by atoms with van der Waals surface area (Å²) in [4.78, 5) is 27.4. The number of hydrogen-bond donors (Lipinski definition) is 1. The smallest absolute Gasteiger partial charge is 0.251 e. The van der Waals surface area contributed by atoms with Crippen molar-refractivity contribution in [1.82, 2.24) is 20.3 Å². The van der Waals surface area contributed by atoms with Crippen LogP contribution in [0.15, 0.2) is 36.8 Å². The SMILES string of the molecule is CCc1cnc(-c2cc(O[C@@H]3CCOC3)cc(C(=O)NC(C)c3cnc(C)cn3)c2)s1. The minimum atomic E-state index is -0.275. The molecule has 1 aliphatic heterocycles. The van der Waals surface area contributed by atoms with Gasteiger partial charge in [-0.1, -0.05) is 6.92 Å².